The van der Waals surface area contributed by atoms with E-state index in [2.05, 4.69) is 5.32 Å². The molecule has 1 saturated heterocycles. The van der Waals surface area contributed by atoms with E-state index in [-0.39, 0.29) is 22.7 Å². The van der Waals surface area contributed by atoms with Crippen LogP contribution >= 0.6 is 0 Å². The molecule has 1 fully saturated rings. The van der Waals surface area contributed by atoms with E-state index in [0.29, 0.717) is 26.1 Å². The van der Waals surface area contributed by atoms with E-state index in [9.17, 15) is 14.9 Å². The zero-order valence-electron chi connectivity index (χ0n) is 14.4. The number of ether oxygens (including phenoxy) is 1. The van der Waals surface area contributed by atoms with Gasteiger partial charge in [-0.3, -0.25) is 10.1 Å². The molecule has 1 N–H and O–H groups in total. The number of non-ortho nitro benzene ring substituents is 1. The predicted molar refractivity (Wildman–Crippen MR) is 91.0 cm³/mol. The fraction of sp³-hybridized carbons (Fsp3) is 0.588. The molecule has 0 bridgehead atoms. The summed E-state index contributed by atoms with van der Waals surface area (Å²) in [5.74, 6) is 0. The highest BCUT2D eigenvalue weighted by Gasteiger charge is 2.29. The third kappa shape index (κ3) is 5.49. The van der Waals surface area contributed by atoms with Gasteiger partial charge in [-0.25, -0.2) is 4.79 Å². The number of hydrogen-bond donors (Lipinski definition) is 1. The van der Waals surface area contributed by atoms with Crippen LogP contribution in [-0.4, -0.2) is 47.2 Å². The summed E-state index contributed by atoms with van der Waals surface area (Å²) in [5.41, 5.74) is 0.563. The lowest BCUT2D eigenvalue weighted by Crippen LogP contribution is -2.38. The number of nitro benzene ring substituents is 1. The zero-order valence-corrected chi connectivity index (χ0v) is 14.4. The molecule has 132 valence electrons. The molecule has 0 spiro atoms. The van der Waals surface area contributed by atoms with Crippen molar-refractivity contribution in [2.45, 2.75) is 45.3 Å². The standard InChI is InChI=1S/C17H25N3O4/c1-17(2,3)24-16(21)19-10-8-14(12-19)18-9-7-13-5-4-6-15(11-13)20(22)23/h4-6,11,14,18H,7-10,12H2,1-3H3. The van der Waals surface area contributed by atoms with Gasteiger partial charge in [-0.15, -0.1) is 0 Å². The highest BCUT2D eigenvalue weighted by molar-refractivity contribution is 5.68. The molecule has 0 aliphatic carbocycles. The average Bonchev–Trinajstić information content (AvgIpc) is 2.95. The normalized spacial score (nSPS) is 17.8. The fourth-order valence-electron chi connectivity index (χ4n) is 2.67. The van der Waals surface area contributed by atoms with Crippen molar-refractivity contribution in [3.05, 3.63) is 39.9 Å². The van der Waals surface area contributed by atoms with E-state index < -0.39 is 5.60 Å². The first-order valence-corrected chi connectivity index (χ1v) is 8.19. The minimum atomic E-state index is -0.482. The lowest BCUT2D eigenvalue weighted by atomic mass is 10.1. The van der Waals surface area contributed by atoms with E-state index >= 15 is 0 Å². The summed E-state index contributed by atoms with van der Waals surface area (Å²) in [6.07, 6.45) is 1.32. The summed E-state index contributed by atoms with van der Waals surface area (Å²) >= 11 is 0. The summed E-state index contributed by atoms with van der Waals surface area (Å²) in [6, 6.07) is 6.91. The van der Waals surface area contributed by atoms with E-state index in [4.69, 9.17) is 4.74 Å². The first kappa shape index (κ1) is 18.2. The smallest absolute Gasteiger partial charge is 0.410 e. The summed E-state index contributed by atoms with van der Waals surface area (Å²) in [7, 11) is 0. The molecule has 1 aromatic rings. The first-order chi connectivity index (χ1) is 11.2. The Balaban J connectivity index is 1.75. The van der Waals surface area contributed by atoms with Crippen LogP contribution in [0.2, 0.25) is 0 Å². The van der Waals surface area contributed by atoms with E-state index in [1.807, 2.05) is 26.8 Å². The van der Waals surface area contributed by atoms with Crippen LogP contribution in [0.15, 0.2) is 24.3 Å². The van der Waals surface area contributed by atoms with Gasteiger partial charge >= 0.3 is 6.09 Å². The van der Waals surface area contributed by atoms with Crippen molar-refractivity contribution in [3.8, 4) is 0 Å². The van der Waals surface area contributed by atoms with Gasteiger partial charge in [0.2, 0.25) is 0 Å². The highest BCUT2D eigenvalue weighted by atomic mass is 16.6. The van der Waals surface area contributed by atoms with E-state index in [1.54, 1.807) is 17.0 Å². The molecule has 2 rings (SSSR count). The van der Waals surface area contributed by atoms with E-state index in [1.165, 1.54) is 6.07 Å². The first-order valence-electron chi connectivity index (χ1n) is 8.19. The largest absolute Gasteiger partial charge is 0.444 e. The number of rotatable bonds is 5. The molecule has 0 radical (unpaired) electrons. The van der Waals surface area contributed by atoms with Gasteiger partial charge in [-0.05, 0) is 45.7 Å². The second kappa shape index (κ2) is 7.61. The summed E-state index contributed by atoms with van der Waals surface area (Å²) in [6.45, 7) is 7.60. The van der Waals surface area contributed by atoms with Crippen LogP contribution in [0.25, 0.3) is 0 Å². The third-order valence-corrected chi connectivity index (χ3v) is 3.81. The molecule has 0 saturated carbocycles. The van der Waals surface area contributed by atoms with Crippen molar-refractivity contribution in [1.82, 2.24) is 10.2 Å². The maximum Gasteiger partial charge on any atom is 0.410 e. The Morgan fingerprint density at radius 3 is 2.88 bits per heavy atom. The molecular formula is C17H25N3O4. The number of likely N-dealkylation sites (tertiary alicyclic amines) is 1. The minimum Gasteiger partial charge on any atom is -0.444 e. The molecule has 1 amide bonds. The Kier molecular flexibility index (Phi) is 5.77. The molecule has 1 heterocycles. The number of nitrogens with zero attached hydrogens (tertiary/aromatic N) is 2. The topological polar surface area (TPSA) is 84.7 Å². The van der Waals surface area contributed by atoms with Crippen molar-refractivity contribution in [3.63, 3.8) is 0 Å². The Morgan fingerprint density at radius 2 is 2.21 bits per heavy atom. The van der Waals surface area contributed by atoms with Gasteiger partial charge in [0.1, 0.15) is 5.60 Å². The maximum absolute atomic E-state index is 12.0. The van der Waals surface area contributed by atoms with E-state index in [0.717, 1.165) is 12.0 Å². The lowest BCUT2D eigenvalue weighted by Gasteiger charge is -2.24. The SMILES string of the molecule is CC(C)(C)OC(=O)N1CCC(NCCc2cccc([N+](=O)[O-])c2)C1. The third-order valence-electron chi connectivity index (χ3n) is 3.81. The van der Waals surface area contributed by atoms with Crippen LogP contribution in [0.4, 0.5) is 10.5 Å². The Bertz CT molecular complexity index is 598. The van der Waals surface area contributed by atoms with Crippen LogP contribution in [0, 0.1) is 10.1 Å². The van der Waals surface area contributed by atoms with Gasteiger partial charge in [0.15, 0.2) is 0 Å². The van der Waals surface area contributed by atoms with Crippen LogP contribution in [0.5, 0.6) is 0 Å². The number of carbonyl (C=O) groups excluding carboxylic acids is 1. The number of carbonyl (C=O) groups is 1. The fourth-order valence-corrected chi connectivity index (χ4v) is 2.67. The number of nitro groups is 1. The predicted octanol–water partition coefficient (Wildman–Crippen LogP) is 2.74. The summed E-state index contributed by atoms with van der Waals surface area (Å²) in [4.78, 5) is 24.1. The molecule has 1 aromatic carbocycles. The molecule has 7 heteroatoms. The molecular weight excluding hydrogens is 310 g/mol. The Hall–Kier alpha value is -2.15. The molecule has 7 nitrogen and oxygen atoms in total. The van der Waals surface area contributed by atoms with Crippen LogP contribution < -0.4 is 5.32 Å². The number of nitrogens with one attached hydrogen (secondary N) is 1. The monoisotopic (exact) mass is 335 g/mol. The molecule has 24 heavy (non-hydrogen) atoms. The second-order valence-electron chi connectivity index (χ2n) is 7.04. The second-order valence-corrected chi connectivity index (χ2v) is 7.04. The number of benzene rings is 1. The van der Waals surface area contributed by atoms with Crippen molar-refractivity contribution in [2.75, 3.05) is 19.6 Å². The van der Waals surface area contributed by atoms with Gasteiger partial charge in [-0.2, -0.15) is 0 Å². The van der Waals surface area contributed by atoms with Gasteiger partial charge in [0.25, 0.3) is 5.69 Å². The van der Waals surface area contributed by atoms with Crippen molar-refractivity contribution < 1.29 is 14.5 Å². The lowest BCUT2D eigenvalue weighted by molar-refractivity contribution is -0.384. The molecule has 0 aromatic heterocycles. The minimum absolute atomic E-state index is 0.115. The number of hydrogen-bond acceptors (Lipinski definition) is 5. The van der Waals surface area contributed by atoms with Crippen LogP contribution in [-0.2, 0) is 11.2 Å². The number of amides is 1. The van der Waals surface area contributed by atoms with Crippen molar-refractivity contribution in [1.29, 1.82) is 0 Å². The molecule has 1 aliphatic heterocycles. The summed E-state index contributed by atoms with van der Waals surface area (Å²) < 4.78 is 5.37. The Morgan fingerprint density at radius 1 is 1.46 bits per heavy atom. The van der Waals surface area contributed by atoms with Crippen molar-refractivity contribution >= 4 is 11.8 Å². The highest BCUT2D eigenvalue weighted by Crippen LogP contribution is 2.16. The van der Waals surface area contributed by atoms with Gasteiger partial charge in [-0.1, -0.05) is 12.1 Å². The van der Waals surface area contributed by atoms with Gasteiger partial charge in [0.05, 0.1) is 4.92 Å². The Labute approximate surface area is 142 Å². The molecule has 1 unspecified atom stereocenters. The van der Waals surface area contributed by atoms with Gasteiger partial charge < -0.3 is 15.0 Å². The molecule has 1 aliphatic rings. The molecule has 1 atom stereocenters. The van der Waals surface area contributed by atoms with Crippen LogP contribution in [0.3, 0.4) is 0 Å². The zero-order chi connectivity index (χ0) is 17.7. The summed E-state index contributed by atoms with van der Waals surface area (Å²) in [5, 5.41) is 14.2. The quantitative estimate of drug-likeness (QED) is 0.660. The van der Waals surface area contributed by atoms with Gasteiger partial charge in [0, 0.05) is 31.3 Å². The van der Waals surface area contributed by atoms with Crippen molar-refractivity contribution in [2.24, 2.45) is 0 Å². The maximum atomic E-state index is 12.0. The average molecular weight is 335 g/mol. The van der Waals surface area contributed by atoms with Crippen LogP contribution in [0.1, 0.15) is 32.8 Å².